The molecule has 0 bridgehead atoms. The van der Waals surface area contributed by atoms with Gasteiger partial charge in [0.25, 0.3) is 0 Å². The molecule has 1 heterocycles. The van der Waals surface area contributed by atoms with Gasteiger partial charge in [-0.15, -0.1) is 0 Å². The van der Waals surface area contributed by atoms with Gasteiger partial charge in [0.2, 0.25) is 5.91 Å². The molecule has 13 heavy (non-hydrogen) atoms. The molecule has 0 unspecified atom stereocenters. The lowest BCUT2D eigenvalue weighted by atomic mass is 10.2. The summed E-state index contributed by atoms with van der Waals surface area (Å²) >= 11 is 0. The Labute approximate surface area is 77.6 Å². The number of hydrogen-bond acceptors (Lipinski definition) is 2. The van der Waals surface area contributed by atoms with E-state index in [0.29, 0.717) is 13.0 Å². The van der Waals surface area contributed by atoms with Gasteiger partial charge in [-0.05, 0) is 26.5 Å². The van der Waals surface area contributed by atoms with E-state index in [1.165, 1.54) is 11.0 Å². The Morgan fingerprint density at radius 2 is 2.46 bits per heavy atom. The molecule has 74 valence electrons. The van der Waals surface area contributed by atoms with Gasteiger partial charge < -0.3 is 10.2 Å². The minimum Gasteiger partial charge on any atom is -0.334 e. The maximum atomic E-state index is 12.8. The quantitative estimate of drug-likeness (QED) is 0.687. The molecule has 1 aliphatic rings. The summed E-state index contributed by atoms with van der Waals surface area (Å²) in [5.74, 6) is -0.242. The maximum absolute atomic E-state index is 12.8. The number of nitrogens with zero attached hydrogens (tertiary/aromatic N) is 1. The monoisotopic (exact) mass is 186 g/mol. The van der Waals surface area contributed by atoms with Crippen LogP contribution in [0.5, 0.6) is 0 Å². The zero-order valence-corrected chi connectivity index (χ0v) is 8.01. The lowest BCUT2D eigenvalue weighted by molar-refractivity contribution is -0.132. The Bertz CT molecular complexity index is 228. The maximum Gasteiger partial charge on any atom is 0.239 e. The zero-order valence-electron chi connectivity index (χ0n) is 8.01. The van der Waals surface area contributed by atoms with E-state index in [1.54, 1.807) is 14.0 Å². The number of amides is 1. The van der Waals surface area contributed by atoms with Crippen molar-refractivity contribution in [2.24, 2.45) is 0 Å². The molecule has 0 saturated heterocycles. The molecular formula is C9H15FN2O. The number of halogens is 1. The first-order chi connectivity index (χ1) is 6.15. The molecule has 3 nitrogen and oxygen atoms in total. The fourth-order valence-corrected chi connectivity index (χ4v) is 1.29. The zero-order chi connectivity index (χ0) is 9.84. The van der Waals surface area contributed by atoms with Crippen LogP contribution in [0.4, 0.5) is 4.39 Å². The van der Waals surface area contributed by atoms with E-state index in [0.717, 1.165) is 0 Å². The van der Waals surface area contributed by atoms with Crippen LogP contribution in [0.15, 0.2) is 11.9 Å². The molecule has 1 N–H and O–H groups in total. The SMILES string of the molecule is CN[C@@H](C)C(=O)N1CCC=C(F)C1. The van der Waals surface area contributed by atoms with Gasteiger partial charge in [0.15, 0.2) is 0 Å². The predicted octanol–water partition coefficient (Wildman–Crippen LogP) is 0.680. The molecule has 1 aliphatic heterocycles. The van der Waals surface area contributed by atoms with Crippen molar-refractivity contribution in [1.29, 1.82) is 0 Å². The van der Waals surface area contributed by atoms with Crippen LogP contribution in [0.1, 0.15) is 13.3 Å². The van der Waals surface area contributed by atoms with E-state index in [1.807, 2.05) is 0 Å². The van der Waals surface area contributed by atoms with E-state index in [2.05, 4.69) is 5.32 Å². The Hall–Kier alpha value is -0.900. The summed E-state index contributed by atoms with van der Waals surface area (Å²) in [6.07, 6.45) is 2.15. The van der Waals surface area contributed by atoms with Crippen molar-refractivity contribution >= 4 is 5.91 Å². The Morgan fingerprint density at radius 1 is 1.77 bits per heavy atom. The summed E-state index contributed by atoms with van der Waals surface area (Å²) in [7, 11) is 1.72. The second-order valence-electron chi connectivity index (χ2n) is 3.21. The molecule has 0 fully saturated rings. The van der Waals surface area contributed by atoms with Crippen LogP contribution in [0.3, 0.4) is 0 Å². The number of rotatable bonds is 2. The molecular weight excluding hydrogens is 171 g/mol. The first-order valence-electron chi connectivity index (χ1n) is 4.45. The minimum absolute atomic E-state index is 0.0363. The lowest BCUT2D eigenvalue weighted by Crippen LogP contribution is -2.45. The van der Waals surface area contributed by atoms with Gasteiger partial charge in [0, 0.05) is 6.54 Å². The smallest absolute Gasteiger partial charge is 0.239 e. The van der Waals surface area contributed by atoms with Crippen molar-refractivity contribution in [2.45, 2.75) is 19.4 Å². The van der Waals surface area contributed by atoms with Crippen LogP contribution >= 0.6 is 0 Å². The highest BCUT2D eigenvalue weighted by Gasteiger charge is 2.21. The van der Waals surface area contributed by atoms with E-state index >= 15 is 0 Å². The molecule has 0 saturated carbocycles. The number of carbonyl (C=O) groups is 1. The van der Waals surface area contributed by atoms with Gasteiger partial charge in [0.05, 0.1) is 12.6 Å². The minimum atomic E-state index is -0.231. The third-order valence-corrected chi connectivity index (χ3v) is 2.22. The summed E-state index contributed by atoms with van der Waals surface area (Å²) in [5, 5.41) is 2.84. The number of hydrogen-bond donors (Lipinski definition) is 1. The van der Waals surface area contributed by atoms with Gasteiger partial charge in [-0.2, -0.15) is 0 Å². The summed E-state index contributed by atoms with van der Waals surface area (Å²) < 4.78 is 12.8. The fourth-order valence-electron chi connectivity index (χ4n) is 1.29. The van der Waals surface area contributed by atoms with Crippen LogP contribution in [0.2, 0.25) is 0 Å². The Balaban J connectivity index is 2.53. The molecule has 0 spiro atoms. The second kappa shape index (κ2) is 4.37. The average Bonchev–Trinajstić information content (AvgIpc) is 2.15. The average molecular weight is 186 g/mol. The van der Waals surface area contributed by atoms with E-state index < -0.39 is 0 Å². The molecule has 0 aromatic carbocycles. The Kier molecular flexibility index (Phi) is 3.42. The first-order valence-corrected chi connectivity index (χ1v) is 4.45. The second-order valence-corrected chi connectivity index (χ2v) is 3.21. The number of carbonyl (C=O) groups excluding carboxylic acids is 1. The molecule has 0 radical (unpaired) electrons. The van der Waals surface area contributed by atoms with Crippen molar-refractivity contribution in [3.05, 3.63) is 11.9 Å². The van der Waals surface area contributed by atoms with Crippen molar-refractivity contribution in [3.63, 3.8) is 0 Å². The highest BCUT2D eigenvalue weighted by Crippen LogP contribution is 2.11. The molecule has 0 aromatic heterocycles. The van der Waals surface area contributed by atoms with E-state index in [9.17, 15) is 9.18 Å². The Morgan fingerprint density at radius 3 is 3.00 bits per heavy atom. The summed E-state index contributed by atoms with van der Waals surface area (Å²) in [6.45, 7) is 2.53. The van der Waals surface area contributed by atoms with Gasteiger partial charge in [0.1, 0.15) is 5.83 Å². The summed E-state index contributed by atoms with van der Waals surface area (Å²) in [4.78, 5) is 13.1. The van der Waals surface area contributed by atoms with Crippen molar-refractivity contribution < 1.29 is 9.18 Å². The molecule has 0 aromatic rings. The first kappa shape index (κ1) is 10.2. The van der Waals surface area contributed by atoms with Crippen LogP contribution in [-0.2, 0) is 4.79 Å². The topological polar surface area (TPSA) is 32.3 Å². The van der Waals surface area contributed by atoms with Crippen LogP contribution < -0.4 is 5.32 Å². The normalized spacial score (nSPS) is 19.6. The third-order valence-electron chi connectivity index (χ3n) is 2.22. The molecule has 1 rings (SSSR count). The molecule has 4 heteroatoms. The molecule has 1 atom stereocenters. The summed E-state index contributed by atoms with van der Waals surface area (Å²) in [6, 6.07) is -0.231. The van der Waals surface area contributed by atoms with Gasteiger partial charge in [-0.1, -0.05) is 0 Å². The standard InChI is InChI=1S/C9H15FN2O/c1-7(11-2)9(13)12-5-3-4-8(10)6-12/h4,7,11H,3,5-6H2,1-2H3/t7-/m0/s1. The predicted molar refractivity (Wildman–Crippen MR) is 48.9 cm³/mol. The largest absolute Gasteiger partial charge is 0.334 e. The van der Waals surface area contributed by atoms with Gasteiger partial charge >= 0.3 is 0 Å². The number of nitrogens with one attached hydrogen (secondary N) is 1. The van der Waals surface area contributed by atoms with Gasteiger partial charge in [-0.3, -0.25) is 4.79 Å². The van der Waals surface area contributed by atoms with Crippen molar-refractivity contribution in [1.82, 2.24) is 10.2 Å². The van der Waals surface area contributed by atoms with Crippen molar-refractivity contribution in [3.8, 4) is 0 Å². The highest BCUT2D eigenvalue weighted by atomic mass is 19.1. The third kappa shape index (κ3) is 2.52. The number of likely N-dealkylation sites (N-methyl/N-ethyl adjacent to an activating group) is 1. The lowest BCUT2D eigenvalue weighted by Gasteiger charge is -2.27. The molecule has 1 amide bonds. The van der Waals surface area contributed by atoms with Crippen molar-refractivity contribution in [2.75, 3.05) is 20.1 Å². The fraction of sp³-hybridized carbons (Fsp3) is 0.667. The van der Waals surface area contributed by atoms with Crippen LogP contribution in [-0.4, -0.2) is 37.0 Å². The van der Waals surface area contributed by atoms with Crippen LogP contribution in [0, 0.1) is 0 Å². The van der Waals surface area contributed by atoms with E-state index in [4.69, 9.17) is 0 Å². The van der Waals surface area contributed by atoms with Crippen LogP contribution in [0.25, 0.3) is 0 Å². The van der Waals surface area contributed by atoms with Gasteiger partial charge in [-0.25, -0.2) is 4.39 Å². The summed E-state index contributed by atoms with van der Waals surface area (Å²) in [5.41, 5.74) is 0. The molecule has 0 aliphatic carbocycles. The van der Waals surface area contributed by atoms with E-state index in [-0.39, 0.29) is 24.3 Å². The highest BCUT2D eigenvalue weighted by molar-refractivity contribution is 5.81.